The van der Waals surface area contributed by atoms with Crippen molar-refractivity contribution in [1.29, 1.82) is 0 Å². The van der Waals surface area contributed by atoms with Crippen LogP contribution in [0.2, 0.25) is 0 Å². The largest absolute Gasteiger partial charge is 0.497 e. The van der Waals surface area contributed by atoms with Crippen LogP contribution in [-0.2, 0) is 19.2 Å². The Labute approximate surface area is 167 Å². The third-order valence-corrected chi connectivity index (χ3v) is 6.11. The first-order chi connectivity index (χ1) is 13.5. The number of ether oxygens (including phenoxy) is 2. The van der Waals surface area contributed by atoms with Crippen LogP contribution in [0.5, 0.6) is 5.75 Å². The molecule has 28 heavy (non-hydrogen) atoms. The van der Waals surface area contributed by atoms with Gasteiger partial charge in [0.05, 0.1) is 7.11 Å². The molecule has 2 saturated heterocycles. The number of hydrogen-bond donors (Lipinski definition) is 0. The van der Waals surface area contributed by atoms with E-state index in [1.54, 1.807) is 18.9 Å². The van der Waals surface area contributed by atoms with Gasteiger partial charge in [0.1, 0.15) is 5.75 Å². The van der Waals surface area contributed by atoms with Crippen molar-refractivity contribution < 1.29 is 23.9 Å². The summed E-state index contributed by atoms with van der Waals surface area (Å²) in [5.74, 6) is -0.819. The Balaban J connectivity index is 1.56. The van der Waals surface area contributed by atoms with Gasteiger partial charge in [0.25, 0.3) is 0 Å². The lowest BCUT2D eigenvalue weighted by atomic mass is 9.88. The molecule has 0 radical (unpaired) electrons. The fourth-order valence-electron chi connectivity index (χ4n) is 3.57. The molecule has 2 heterocycles. The Morgan fingerprint density at radius 3 is 2.64 bits per heavy atom. The van der Waals surface area contributed by atoms with Crippen LogP contribution < -0.4 is 4.74 Å². The quantitative estimate of drug-likeness (QED) is 0.574. The van der Waals surface area contributed by atoms with Crippen LogP contribution in [0.15, 0.2) is 52.3 Å². The lowest BCUT2D eigenvalue weighted by molar-refractivity contribution is -0.275. The molecule has 6 nitrogen and oxygen atoms in total. The summed E-state index contributed by atoms with van der Waals surface area (Å²) in [5.41, 5.74) is 2.41. The van der Waals surface area contributed by atoms with E-state index in [0.29, 0.717) is 13.0 Å². The maximum absolute atomic E-state index is 11.6. The molecule has 2 fully saturated rings. The predicted octanol–water partition coefficient (Wildman–Crippen LogP) is 3.68. The molecule has 2 aliphatic heterocycles. The second-order valence-electron chi connectivity index (χ2n) is 6.92. The highest BCUT2D eigenvalue weighted by atomic mass is 32.2. The summed E-state index contributed by atoms with van der Waals surface area (Å²) in [4.78, 5) is 30.3. The van der Waals surface area contributed by atoms with Gasteiger partial charge in [-0.2, -0.15) is 0 Å². The third-order valence-electron chi connectivity index (χ3n) is 5.01. The van der Waals surface area contributed by atoms with E-state index in [9.17, 15) is 9.59 Å². The van der Waals surface area contributed by atoms with Crippen LogP contribution in [0.4, 0.5) is 0 Å². The van der Waals surface area contributed by atoms with Crippen LogP contribution in [0.25, 0.3) is 0 Å². The van der Waals surface area contributed by atoms with Gasteiger partial charge >= 0.3 is 11.9 Å². The zero-order chi connectivity index (χ0) is 19.7. The minimum absolute atomic E-state index is 0.214. The number of aryl methyl sites for hydroxylation is 1. The van der Waals surface area contributed by atoms with E-state index >= 15 is 0 Å². The number of fused-ring (bicyclic) bond motifs is 1. The summed E-state index contributed by atoms with van der Waals surface area (Å²) < 4.78 is 10.5. The lowest BCUT2D eigenvalue weighted by Gasteiger charge is -2.39. The van der Waals surface area contributed by atoms with Crippen LogP contribution in [0.3, 0.4) is 0 Å². The average molecular weight is 399 g/mol. The number of esters is 1. The molecule has 2 unspecified atom stereocenters. The SMILES string of the molecule is COc1ccc(Sc2ccc(C)cc2C2CCN3OC(=O)C(=O)OC3C2)cc1. The maximum Gasteiger partial charge on any atom is 0.436 e. The first-order valence-electron chi connectivity index (χ1n) is 9.15. The van der Waals surface area contributed by atoms with Gasteiger partial charge in [-0.3, -0.25) is 0 Å². The number of piperidine rings is 1. The molecule has 4 rings (SSSR count). The molecule has 2 atom stereocenters. The number of hydroxylamine groups is 2. The van der Waals surface area contributed by atoms with Gasteiger partial charge in [-0.1, -0.05) is 34.5 Å². The zero-order valence-electron chi connectivity index (χ0n) is 15.7. The second-order valence-corrected chi connectivity index (χ2v) is 8.03. The predicted molar refractivity (Wildman–Crippen MR) is 103 cm³/mol. The fraction of sp³-hybridized carbons (Fsp3) is 0.333. The summed E-state index contributed by atoms with van der Waals surface area (Å²) in [6, 6.07) is 14.4. The summed E-state index contributed by atoms with van der Waals surface area (Å²) in [5, 5.41) is 1.48. The molecule has 0 N–H and O–H groups in total. The van der Waals surface area contributed by atoms with Crippen molar-refractivity contribution in [3.8, 4) is 5.75 Å². The molecule has 0 bridgehead atoms. The van der Waals surface area contributed by atoms with Gasteiger partial charge in [-0.25, -0.2) is 9.59 Å². The van der Waals surface area contributed by atoms with Gasteiger partial charge in [0, 0.05) is 22.8 Å². The van der Waals surface area contributed by atoms with Crippen molar-refractivity contribution in [2.75, 3.05) is 13.7 Å². The molecule has 2 aromatic carbocycles. The van der Waals surface area contributed by atoms with E-state index in [0.717, 1.165) is 17.1 Å². The highest BCUT2D eigenvalue weighted by Crippen LogP contribution is 2.41. The van der Waals surface area contributed by atoms with E-state index in [1.165, 1.54) is 21.1 Å². The average Bonchev–Trinajstić information content (AvgIpc) is 2.70. The highest BCUT2D eigenvalue weighted by Gasteiger charge is 2.41. The van der Waals surface area contributed by atoms with Gasteiger partial charge in [-0.05, 0) is 55.2 Å². The first-order valence-corrected chi connectivity index (χ1v) is 9.97. The smallest absolute Gasteiger partial charge is 0.436 e. The molecule has 2 aromatic rings. The molecule has 0 spiro atoms. The van der Waals surface area contributed by atoms with Gasteiger partial charge in [-0.15, -0.1) is 0 Å². The molecule has 0 aromatic heterocycles. The maximum atomic E-state index is 11.6. The lowest BCUT2D eigenvalue weighted by Crippen LogP contribution is -2.51. The summed E-state index contributed by atoms with van der Waals surface area (Å²) in [6.45, 7) is 2.61. The molecule has 2 aliphatic rings. The molecule has 0 amide bonds. The Morgan fingerprint density at radius 2 is 1.89 bits per heavy atom. The van der Waals surface area contributed by atoms with E-state index in [-0.39, 0.29) is 5.92 Å². The first kappa shape index (κ1) is 18.8. The molecule has 146 valence electrons. The Morgan fingerprint density at radius 1 is 1.11 bits per heavy atom. The van der Waals surface area contributed by atoms with E-state index in [2.05, 4.69) is 25.1 Å². The van der Waals surface area contributed by atoms with E-state index < -0.39 is 18.2 Å². The van der Waals surface area contributed by atoms with Crippen LogP contribution in [0.1, 0.15) is 29.9 Å². The monoisotopic (exact) mass is 399 g/mol. The normalized spacial score (nSPS) is 22.2. The van der Waals surface area contributed by atoms with Crippen LogP contribution in [-0.4, -0.2) is 36.9 Å². The molecule has 0 saturated carbocycles. The number of nitrogens with zero attached hydrogens (tertiary/aromatic N) is 1. The number of methoxy groups -OCH3 is 1. The fourth-order valence-corrected chi connectivity index (χ4v) is 4.57. The molecule has 7 heteroatoms. The number of carbonyl (C=O) groups is 2. The highest BCUT2D eigenvalue weighted by molar-refractivity contribution is 7.99. The minimum Gasteiger partial charge on any atom is -0.497 e. The summed E-state index contributed by atoms with van der Waals surface area (Å²) in [6.07, 6.45) is 0.892. The van der Waals surface area contributed by atoms with Crippen molar-refractivity contribution in [3.05, 3.63) is 53.6 Å². The number of hydrogen-bond acceptors (Lipinski definition) is 7. The summed E-state index contributed by atoms with van der Waals surface area (Å²) >= 11 is 1.70. The van der Waals surface area contributed by atoms with Gasteiger partial charge in [0.15, 0.2) is 6.23 Å². The number of benzene rings is 2. The van der Waals surface area contributed by atoms with Crippen molar-refractivity contribution in [2.24, 2.45) is 0 Å². The van der Waals surface area contributed by atoms with Crippen molar-refractivity contribution >= 4 is 23.7 Å². The summed E-state index contributed by atoms with van der Waals surface area (Å²) in [7, 11) is 1.65. The standard InChI is InChI=1S/C21H21NO5S/c1-13-3-8-18(28-16-6-4-15(25-2)5-7-16)17(11-13)14-9-10-22-19(12-14)26-20(23)21(24)27-22/h3-8,11,14,19H,9-10,12H2,1-2H3. The number of rotatable bonds is 4. The molecule has 0 aliphatic carbocycles. The van der Waals surface area contributed by atoms with Crippen molar-refractivity contribution in [2.45, 2.75) is 41.7 Å². The number of carbonyl (C=O) groups excluding carboxylic acids is 2. The van der Waals surface area contributed by atoms with Crippen LogP contribution in [0, 0.1) is 6.92 Å². The van der Waals surface area contributed by atoms with Gasteiger partial charge < -0.3 is 14.3 Å². The zero-order valence-corrected chi connectivity index (χ0v) is 16.5. The van der Waals surface area contributed by atoms with Crippen molar-refractivity contribution in [1.82, 2.24) is 5.06 Å². The molecular weight excluding hydrogens is 378 g/mol. The molecular formula is C21H21NO5S. The van der Waals surface area contributed by atoms with E-state index in [4.69, 9.17) is 14.3 Å². The van der Waals surface area contributed by atoms with Crippen molar-refractivity contribution in [3.63, 3.8) is 0 Å². The Bertz CT molecular complexity index is 898. The minimum atomic E-state index is -0.944. The van der Waals surface area contributed by atoms with E-state index in [1.807, 2.05) is 24.3 Å². The Kier molecular flexibility index (Phi) is 5.28. The van der Waals surface area contributed by atoms with Gasteiger partial charge in [0.2, 0.25) is 0 Å². The topological polar surface area (TPSA) is 65.1 Å². The second kappa shape index (κ2) is 7.85. The Hall–Kier alpha value is -2.51. The van der Waals surface area contributed by atoms with Crippen LogP contribution >= 0.6 is 11.8 Å². The third kappa shape index (κ3) is 3.86.